The predicted octanol–water partition coefficient (Wildman–Crippen LogP) is 5.61. The van der Waals surface area contributed by atoms with Gasteiger partial charge in [-0.3, -0.25) is 13.9 Å². The van der Waals surface area contributed by atoms with Crippen LogP contribution in [-0.2, 0) is 32.6 Å². The Balaban J connectivity index is 1.88. The molecular formula is C32H40ClN3O4S. The van der Waals surface area contributed by atoms with E-state index in [1.165, 1.54) is 10.6 Å². The molecule has 41 heavy (non-hydrogen) atoms. The number of rotatable bonds is 14. The number of nitrogens with zero attached hydrogens (tertiary/aromatic N) is 2. The molecule has 0 heterocycles. The third-order valence-electron chi connectivity index (χ3n) is 6.76. The second-order valence-electron chi connectivity index (χ2n) is 10.7. The molecule has 3 aromatic rings. The van der Waals surface area contributed by atoms with Crippen molar-refractivity contribution in [2.45, 2.75) is 52.6 Å². The first-order chi connectivity index (χ1) is 19.5. The molecule has 0 aliphatic rings. The van der Waals surface area contributed by atoms with Crippen LogP contribution in [0.5, 0.6) is 0 Å². The van der Waals surface area contributed by atoms with Crippen molar-refractivity contribution in [1.29, 1.82) is 0 Å². The number of anilines is 1. The Hall–Kier alpha value is -3.36. The summed E-state index contributed by atoms with van der Waals surface area (Å²) in [6.45, 7) is 6.75. The van der Waals surface area contributed by atoms with E-state index in [9.17, 15) is 18.0 Å². The fourth-order valence-electron chi connectivity index (χ4n) is 4.59. The van der Waals surface area contributed by atoms with E-state index in [4.69, 9.17) is 11.6 Å². The van der Waals surface area contributed by atoms with Gasteiger partial charge >= 0.3 is 0 Å². The average molecular weight is 598 g/mol. The Bertz CT molecular complexity index is 1400. The molecule has 0 aliphatic carbocycles. The van der Waals surface area contributed by atoms with E-state index in [-0.39, 0.29) is 37.2 Å². The molecule has 3 rings (SSSR count). The van der Waals surface area contributed by atoms with Gasteiger partial charge in [-0.05, 0) is 54.2 Å². The van der Waals surface area contributed by atoms with Gasteiger partial charge in [-0.1, -0.05) is 86.1 Å². The van der Waals surface area contributed by atoms with Crippen LogP contribution in [0.4, 0.5) is 5.69 Å². The molecule has 0 spiro atoms. The largest absolute Gasteiger partial charge is 0.354 e. The molecular weight excluding hydrogens is 558 g/mol. The van der Waals surface area contributed by atoms with Crippen LogP contribution in [-0.4, -0.2) is 50.5 Å². The van der Waals surface area contributed by atoms with E-state index in [2.05, 4.69) is 5.32 Å². The van der Waals surface area contributed by atoms with Crippen molar-refractivity contribution in [2.24, 2.45) is 5.92 Å². The molecule has 0 aliphatic heterocycles. The fraction of sp³-hybridized carbons (Fsp3) is 0.375. The lowest BCUT2D eigenvalue weighted by atomic mass is 10.0. The van der Waals surface area contributed by atoms with Gasteiger partial charge in [-0.25, -0.2) is 8.42 Å². The highest BCUT2D eigenvalue weighted by Gasteiger charge is 2.30. The standard InChI is InChI=1S/C32H40ClN3O4S/c1-24(2)22-34-32(38)30(21-26-12-6-5-7-13-26)35(23-27-16-18-28(33)19-17-27)31(37)15-10-20-36(41(4,39)40)29-14-9-8-11-25(29)3/h5-9,11-14,16-19,24,30H,10,15,20-23H2,1-4H3,(H,34,38)/t30-/m0/s1. The molecule has 0 aromatic heterocycles. The van der Waals surface area contributed by atoms with Crippen molar-refractivity contribution in [1.82, 2.24) is 10.2 Å². The molecule has 2 amide bonds. The number of para-hydroxylation sites is 1. The van der Waals surface area contributed by atoms with Gasteiger partial charge in [0.25, 0.3) is 0 Å². The maximum absolute atomic E-state index is 13.9. The van der Waals surface area contributed by atoms with E-state index >= 15 is 0 Å². The Kier molecular flexibility index (Phi) is 11.8. The summed E-state index contributed by atoms with van der Waals surface area (Å²) in [5.74, 6) is -0.193. The van der Waals surface area contributed by atoms with Crippen molar-refractivity contribution >= 4 is 39.1 Å². The normalized spacial score (nSPS) is 12.1. The molecule has 0 radical (unpaired) electrons. The molecule has 9 heteroatoms. The number of carbonyl (C=O) groups is 2. The zero-order chi connectivity index (χ0) is 30.0. The third kappa shape index (κ3) is 9.90. The van der Waals surface area contributed by atoms with Gasteiger partial charge in [-0.15, -0.1) is 0 Å². The van der Waals surface area contributed by atoms with Gasteiger partial charge in [-0.2, -0.15) is 0 Å². The second-order valence-corrected chi connectivity index (χ2v) is 13.1. The first kappa shape index (κ1) is 32.2. The summed E-state index contributed by atoms with van der Waals surface area (Å²) in [5, 5.41) is 3.60. The highest BCUT2D eigenvalue weighted by Crippen LogP contribution is 2.23. The monoisotopic (exact) mass is 597 g/mol. The molecule has 0 fully saturated rings. The molecule has 0 unspecified atom stereocenters. The first-order valence-electron chi connectivity index (χ1n) is 13.8. The lowest BCUT2D eigenvalue weighted by Crippen LogP contribution is -2.51. The number of aryl methyl sites for hydroxylation is 1. The number of amides is 2. The maximum Gasteiger partial charge on any atom is 0.243 e. The topological polar surface area (TPSA) is 86.8 Å². The van der Waals surface area contributed by atoms with Crippen LogP contribution in [0.3, 0.4) is 0 Å². The zero-order valence-corrected chi connectivity index (χ0v) is 25.8. The van der Waals surface area contributed by atoms with E-state index in [0.29, 0.717) is 30.1 Å². The molecule has 220 valence electrons. The Morgan fingerprint density at radius 3 is 2.15 bits per heavy atom. The molecule has 1 N–H and O–H groups in total. The zero-order valence-electron chi connectivity index (χ0n) is 24.2. The van der Waals surface area contributed by atoms with Crippen LogP contribution in [0, 0.1) is 12.8 Å². The van der Waals surface area contributed by atoms with E-state index in [1.54, 1.807) is 29.2 Å². The van der Waals surface area contributed by atoms with E-state index < -0.39 is 16.1 Å². The number of benzene rings is 3. The summed E-state index contributed by atoms with van der Waals surface area (Å²) in [4.78, 5) is 29.1. The summed E-state index contributed by atoms with van der Waals surface area (Å²) in [6, 6.07) is 23.4. The van der Waals surface area contributed by atoms with Gasteiger partial charge in [0.2, 0.25) is 21.8 Å². The number of sulfonamides is 1. The SMILES string of the molecule is Cc1ccccc1N(CCCC(=O)N(Cc1ccc(Cl)cc1)[C@@H](Cc1ccccc1)C(=O)NCC(C)C)S(C)(=O)=O. The molecule has 7 nitrogen and oxygen atoms in total. The quantitative estimate of drug-likeness (QED) is 0.262. The summed E-state index contributed by atoms with van der Waals surface area (Å²) in [6.07, 6.45) is 1.89. The highest BCUT2D eigenvalue weighted by atomic mass is 35.5. The van der Waals surface area contributed by atoms with Gasteiger partial charge < -0.3 is 10.2 Å². The Labute approximate surface area is 249 Å². The summed E-state index contributed by atoms with van der Waals surface area (Å²) < 4.78 is 26.7. The fourth-order valence-corrected chi connectivity index (χ4v) is 5.74. The van der Waals surface area contributed by atoms with Crippen LogP contribution in [0.2, 0.25) is 5.02 Å². The summed E-state index contributed by atoms with van der Waals surface area (Å²) in [7, 11) is -3.57. The highest BCUT2D eigenvalue weighted by molar-refractivity contribution is 7.92. The molecule has 3 aromatic carbocycles. The number of halogens is 1. The lowest BCUT2D eigenvalue weighted by molar-refractivity contribution is -0.141. The Morgan fingerprint density at radius 1 is 0.902 bits per heavy atom. The lowest BCUT2D eigenvalue weighted by Gasteiger charge is -2.32. The minimum Gasteiger partial charge on any atom is -0.354 e. The second kappa shape index (κ2) is 15.0. The maximum atomic E-state index is 13.9. The van der Waals surface area contributed by atoms with E-state index in [1.807, 2.05) is 75.4 Å². The first-order valence-corrected chi connectivity index (χ1v) is 16.1. The third-order valence-corrected chi connectivity index (χ3v) is 8.19. The molecule has 0 saturated carbocycles. The number of carbonyl (C=O) groups excluding carboxylic acids is 2. The van der Waals surface area contributed by atoms with Crippen LogP contribution in [0.1, 0.15) is 43.4 Å². The summed E-state index contributed by atoms with van der Waals surface area (Å²) >= 11 is 6.10. The minimum absolute atomic E-state index is 0.0776. The predicted molar refractivity (Wildman–Crippen MR) is 166 cm³/mol. The smallest absolute Gasteiger partial charge is 0.243 e. The van der Waals surface area contributed by atoms with Crippen LogP contribution in [0.15, 0.2) is 78.9 Å². The number of hydrogen-bond acceptors (Lipinski definition) is 4. The molecule has 0 saturated heterocycles. The van der Waals surface area contributed by atoms with Crippen molar-refractivity contribution in [3.63, 3.8) is 0 Å². The van der Waals surface area contributed by atoms with Crippen LogP contribution in [0.25, 0.3) is 0 Å². The van der Waals surface area contributed by atoms with Crippen LogP contribution < -0.4 is 9.62 Å². The number of nitrogens with one attached hydrogen (secondary N) is 1. The van der Waals surface area contributed by atoms with Gasteiger partial charge in [0.15, 0.2) is 0 Å². The van der Waals surface area contributed by atoms with Gasteiger partial charge in [0, 0.05) is 37.5 Å². The average Bonchev–Trinajstić information content (AvgIpc) is 2.93. The van der Waals surface area contributed by atoms with Crippen molar-refractivity contribution in [3.05, 3.63) is 101 Å². The van der Waals surface area contributed by atoms with Gasteiger partial charge in [0.05, 0.1) is 11.9 Å². The summed E-state index contributed by atoms with van der Waals surface area (Å²) in [5.41, 5.74) is 3.21. The molecule has 1 atom stereocenters. The Morgan fingerprint density at radius 2 is 1.54 bits per heavy atom. The van der Waals surface area contributed by atoms with Crippen LogP contribution >= 0.6 is 11.6 Å². The van der Waals surface area contributed by atoms with Crippen molar-refractivity contribution in [2.75, 3.05) is 23.7 Å². The van der Waals surface area contributed by atoms with Gasteiger partial charge in [0.1, 0.15) is 6.04 Å². The minimum atomic E-state index is -3.57. The number of hydrogen-bond donors (Lipinski definition) is 1. The van der Waals surface area contributed by atoms with Crippen molar-refractivity contribution in [3.8, 4) is 0 Å². The van der Waals surface area contributed by atoms with Crippen molar-refractivity contribution < 1.29 is 18.0 Å². The molecule has 0 bridgehead atoms. The van der Waals surface area contributed by atoms with E-state index in [0.717, 1.165) is 16.7 Å².